The van der Waals surface area contributed by atoms with E-state index in [0.717, 1.165) is 18.4 Å². The Bertz CT molecular complexity index is 530. The Hall–Kier alpha value is -1.46. The second-order valence-electron chi connectivity index (χ2n) is 5.13. The molecule has 0 saturated heterocycles. The molecule has 6 heteroatoms. The van der Waals surface area contributed by atoms with Crippen LogP contribution in [0.25, 0.3) is 0 Å². The van der Waals surface area contributed by atoms with Crippen molar-refractivity contribution >= 4 is 17.6 Å². The Kier molecular flexibility index (Phi) is 3.72. The maximum absolute atomic E-state index is 10.9. The number of rotatable bonds is 5. The third-order valence-electron chi connectivity index (χ3n) is 3.44. The maximum atomic E-state index is 10.9. The molecule has 108 valence electrons. The molecule has 1 aromatic rings. The molecule has 0 unspecified atom stereocenters. The SMILES string of the molecule is O=C(O)CN(Cc1cc(Cl)c2c(c1)OCCO2)C1CC1. The highest BCUT2D eigenvalue weighted by molar-refractivity contribution is 6.32. The summed E-state index contributed by atoms with van der Waals surface area (Å²) < 4.78 is 11.0. The molecule has 0 spiro atoms. The van der Waals surface area contributed by atoms with Crippen molar-refractivity contribution in [2.45, 2.75) is 25.4 Å². The average molecular weight is 298 g/mol. The summed E-state index contributed by atoms with van der Waals surface area (Å²) in [5.74, 6) is 0.420. The Morgan fingerprint density at radius 3 is 2.80 bits per heavy atom. The summed E-state index contributed by atoms with van der Waals surface area (Å²) >= 11 is 6.19. The zero-order valence-electron chi connectivity index (χ0n) is 11.0. The van der Waals surface area contributed by atoms with Crippen molar-refractivity contribution in [3.05, 3.63) is 22.7 Å². The molecule has 1 aromatic carbocycles. The van der Waals surface area contributed by atoms with E-state index in [9.17, 15) is 4.79 Å². The van der Waals surface area contributed by atoms with Crippen LogP contribution in [0.2, 0.25) is 5.02 Å². The fourth-order valence-corrected chi connectivity index (χ4v) is 2.71. The molecule has 0 radical (unpaired) electrons. The van der Waals surface area contributed by atoms with Crippen LogP contribution in [0.4, 0.5) is 0 Å². The summed E-state index contributed by atoms with van der Waals surface area (Å²) in [4.78, 5) is 12.9. The van der Waals surface area contributed by atoms with E-state index in [2.05, 4.69) is 0 Å². The summed E-state index contributed by atoms with van der Waals surface area (Å²) in [6.07, 6.45) is 2.12. The van der Waals surface area contributed by atoms with Crippen LogP contribution in [0.5, 0.6) is 11.5 Å². The number of carboxylic acids is 1. The second kappa shape index (κ2) is 5.50. The molecular formula is C14H16ClNO4. The fraction of sp³-hybridized carbons (Fsp3) is 0.500. The molecule has 1 N–H and O–H groups in total. The lowest BCUT2D eigenvalue weighted by atomic mass is 10.1. The number of carboxylic acid groups (broad SMARTS) is 1. The summed E-state index contributed by atoms with van der Waals surface area (Å²) in [5, 5.41) is 9.49. The van der Waals surface area contributed by atoms with Gasteiger partial charge in [0.15, 0.2) is 11.5 Å². The van der Waals surface area contributed by atoms with Gasteiger partial charge in [0.25, 0.3) is 0 Å². The van der Waals surface area contributed by atoms with Crippen molar-refractivity contribution in [3.8, 4) is 11.5 Å². The summed E-state index contributed by atoms with van der Waals surface area (Å²) in [5.41, 5.74) is 0.951. The van der Waals surface area contributed by atoms with E-state index in [0.29, 0.717) is 42.3 Å². The molecule has 1 saturated carbocycles. The fourth-order valence-electron chi connectivity index (χ4n) is 2.42. The number of fused-ring (bicyclic) bond motifs is 1. The third-order valence-corrected chi connectivity index (χ3v) is 3.72. The van der Waals surface area contributed by atoms with E-state index in [1.807, 2.05) is 17.0 Å². The summed E-state index contributed by atoms with van der Waals surface area (Å²) in [6, 6.07) is 4.09. The number of ether oxygens (including phenoxy) is 2. The first-order valence-corrected chi connectivity index (χ1v) is 7.05. The van der Waals surface area contributed by atoms with Gasteiger partial charge in [-0.3, -0.25) is 9.69 Å². The first-order chi connectivity index (χ1) is 9.63. The Morgan fingerprint density at radius 1 is 1.35 bits per heavy atom. The molecule has 1 aliphatic carbocycles. The highest BCUT2D eigenvalue weighted by Crippen LogP contribution is 2.39. The zero-order chi connectivity index (χ0) is 14.1. The molecule has 2 aliphatic rings. The van der Waals surface area contributed by atoms with E-state index < -0.39 is 5.97 Å². The van der Waals surface area contributed by atoms with Crippen LogP contribution < -0.4 is 9.47 Å². The van der Waals surface area contributed by atoms with Crippen LogP contribution in [-0.2, 0) is 11.3 Å². The highest BCUT2D eigenvalue weighted by atomic mass is 35.5. The van der Waals surface area contributed by atoms with Gasteiger partial charge in [0.1, 0.15) is 13.2 Å². The predicted octanol–water partition coefficient (Wildman–Crippen LogP) is 2.16. The molecule has 0 aromatic heterocycles. The van der Waals surface area contributed by atoms with Crippen LogP contribution in [0.3, 0.4) is 0 Å². The lowest BCUT2D eigenvalue weighted by Gasteiger charge is -2.23. The van der Waals surface area contributed by atoms with E-state index in [1.165, 1.54) is 0 Å². The van der Waals surface area contributed by atoms with Gasteiger partial charge in [-0.1, -0.05) is 11.6 Å². The van der Waals surface area contributed by atoms with Gasteiger partial charge in [-0.25, -0.2) is 0 Å². The maximum Gasteiger partial charge on any atom is 0.317 e. The van der Waals surface area contributed by atoms with Gasteiger partial charge >= 0.3 is 5.97 Å². The van der Waals surface area contributed by atoms with Gasteiger partial charge in [0.05, 0.1) is 11.6 Å². The quantitative estimate of drug-likeness (QED) is 0.902. The van der Waals surface area contributed by atoms with E-state index in [1.54, 1.807) is 0 Å². The normalized spacial score (nSPS) is 17.3. The molecule has 20 heavy (non-hydrogen) atoms. The van der Waals surface area contributed by atoms with Crippen molar-refractivity contribution in [1.29, 1.82) is 0 Å². The van der Waals surface area contributed by atoms with Gasteiger partial charge in [0, 0.05) is 12.6 Å². The Balaban J connectivity index is 1.79. The lowest BCUT2D eigenvalue weighted by Crippen LogP contribution is -2.31. The minimum atomic E-state index is -0.805. The summed E-state index contributed by atoms with van der Waals surface area (Å²) in [7, 11) is 0. The number of aliphatic carboxylic acids is 1. The first-order valence-electron chi connectivity index (χ1n) is 6.67. The molecule has 0 atom stereocenters. The minimum Gasteiger partial charge on any atom is -0.486 e. The number of hydrogen-bond acceptors (Lipinski definition) is 4. The molecule has 0 amide bonds. The monoisotopic (exact) mass is 297 g/mol. The van der Waals surface area contributed by atoms with Crippen LogP contribution in [0, 0.1) is 0 Å². The zero-order valence-corrected chi connectivity index (χ0v) is 11.7. The molecule has 1 aliphatic heterocycles. The van der Waals surface area contributed by atoms with Gasteiger partial charge < -0.3 is 14.6 Å². The van der Waals surface area contributed by atoms with Crippen molar-refractivity contribution in [1.82, 2.24) is 4.90 Å². The van der Waals surface area contributed by atoms with Gasteiger partial charge in [-0.15, -0.1) is 0 Å². The van der Waals surface area contributed by atoms with E-state index >= 15 is 0 Å². The van der Waals surface area contributed by atoms with Gasteiger partial charge in [-0.2, -0.15) is 0 Å². The van der Waals surface area contributed by atoms with E-state index in [-0.39, 0.29) is 6.54 Å². The minimum absolute atomic E-state index is 0.0523. The Morgan fingerprint density at radius 2 is 2.10 bits per heavy atom. The number of carbonyl (C=O) groups is 1. The number of halogens is 1. The van der Waals surface area contributed by atoms with Gasteiger partial charge in [-0.05, 0) is 30.5 Å². The number of benzene rings is 1. The van der Waals surface area contributed by atoms with Crippen molar-refractivity contribution < 1.29 is 19.4 Å². The predicted molar refractivity (Wildman–Crippen MR) is 73.5 cm³/mol. The van der Waals surface area contributed by atoms with Gasteiger partial charge in [0.2, 0.25) is 0 Å². The number of nitrogens with zero attached hydrogens (tertiary/aromatic N) is 1. The highest BCUT2D eigenvalue weighted by Gasteiger charge is 2.30. The van der Waals surface area contributed by atoms with Crippen molar-refractivity contribution in [3.63, 3.8) is 0 Å². The molecule has 1 heterocycles. The molecule has 0 bridgehead atoms. The second-order valence-corrected chi connectivity index (χ2v) is 5.54. The Labute approximate surface area is 122 Å². The largest absolute Gasteiger partial charge is 0.486 e. The standard InChI is InChI=1S/C14H16ClNO4/c15-11-5-9(6-12-14(11)20-4-3-19-12)7-16(8-13(17)18)10-1-2-10/h5-6,10H,1-4,7-8H2,(H,17,18). The molecule has 5 nitrogen and oxygen atoms in total. The van der Waals surface area contributed by atoms with E-state index in [4.69, 9.17) is 26.2 Å². The van der Waals surface area contributed by atoms with Crippen molar-refractivity contribution in [2.75, 3.05) is 19.8 Å². The lowest BCUT2D eigenvalue weighted by molar-refractivity contribution is -0.138. The topological polar surface area (TPSA) is 59.0 Å². The smallest absolute Gasteiger partial charge is 0.317 e. The first kappa shape index (κ1) is 13.5. The molecular weight excluding hydrogens is 282 g/mol. The third kappa shape index (κ3) is 2.99. The van der Waals surface area contributed by atoms with Crippen LogP contribution in [0.1, 0.15) is 18.4 Å². The molecule has 1 fully saturated rings. The molecule has 3 rings (SSSR count). The van der Waals surface area contributed by atoms with Crippen molar-refractivity contribution in [2.24, 2.45) is 0 Å². The summed E-state index contributed by atoms with van der Waals surface area (Å²) in [6.45, 7) is 1.62. The number of hydrogen-bond donors (Lipinski definition) is 1. The average Bonchev–Trinajstić information content (AvgIpc) is 3.22. The van der Waals surface area contributed by atoms with Crippen LogP contribution in [-0.4, -0.2) is 41.8 Å². The van der Waals surface area contributed by atoms with Crippen LogP contribution in [0.15, 0.2) is 12.1 Å². The van der Waals surface area contributed by atoms with Crippen LogP contribution >= 0.6 is 11.6 Å².